The van der Waals surface area contributed by atoms with E-state index in [0.29, 0.717) is 10.5 Å². The Morgan fingerprint density at radius 2 is 1.91 bits per heavy atom. The number of hydrogen-bond acceptors (Lipinski definition) is 8. The molecule has 8 nitrogen and oxygen atoms in total. The first-order valence-electron chi connectivity index (χ1n) is 11.4. The Hall–Kier alpha value is -3.31. The normalized spacial score (nSPS) is 19.0. The van der Waals surface area contributed by atoms with Gasteiger partial charge in [-0.1, -0.05) is 11.8 Å². The van der Waals surface area contributed by atoms with Crippen LogP contribution in [0.3, 0.4) is 0 Å². The summed E-state index contributed by atoms with van der Waals surface area (Å²) in [5, 5.41) is 5.83. The fourth-order valence-electron chi connectivity index (χ4n) is 5.14. The van der Waals surface area contributed by atoms with Crippen molar-refractivity contribution in [3.8, 4) is 5.75 Å². The number of anilines is 1. The van der Waals surface area contributed by atoms with E-state index in [4.69, 9.17) is 5.73 Å². The lowest BCUT2D eigenvalue weighted by atomic mass is 9.73. The minimum Gasteiger partial charge on any atom is -0.432 e. The van der Waals surface area contributed by atoms with Crippen LogP contribution in [0.5, 0.6) is 5.75 Å². The van der Waals surface area contributed by atoms with E-state index in [2.05, 4.69) is 29.7 Å². The lowest BCUT2D eigenvalue weighted by Crippen LogP contribution is -2.45. The van der Waals surface area contributed by atoms with Crippen LogP contribution in [0, 0.1) is 5.41 Å². The number of pyridine rings is 1. The van der Waals surface area contributed by atoms with Crippen LogP contribution >= 0.6 is 11.8 Å². The van der Waals surface area contributed by atoms with Crippen LogP contribution < -0.4 is 15.4 Å². The molecule has 1 saturated heterocycles. The highest BCUT2D eigenvalue weighted by Crippen LogP contribution is 2.48. The van der Waals surface area contributed by atoms with Gasteiger partial charge in [-0.3, -0.25) is 9.67 Å². The van der Waals surface area contributed by atoms with Crippen molar-refractivity contribution < 1.29 is 13.5 Å². The molecule has 2 aliphatic heterocycles. The maximum atomic E-state index is 12.8. The van der Waals surface area contributed by atoms with Crippen molar-refractivity contribution in [3.63, 3.8) is 0 Å². The van der Waals surface area contributed by atoms with Gasteiger partial charge < -0.3 is 15.4 Å². The molecule has 5 heterocycles. The predicted molar refractivity (Wildman–Crippen MR) is 128 cm³/mol. The molecule has 0 amide bonds. The zero-order valence-electron chi connectivity index (χ0n) is 18.7. The zero-order valence-corrected chi connectivity index (χ0v) is 19.5. The number of fused-ring (bicyclic) bond motifs is 2. The van der Waals surface area contributed by atoms with Crippen molar-refractivity contribution >= 4 is 28.5 Å². The number of piperidine rings is 1. The molecule has 0 saturated carbocycles. The summed E-state index contributed by atoms with van der Waals surface area (Å²) in [7, 11) is 0. The van der Waals surface area contributed by atoms with Gasteiger partial charge in [0.2, 0.25) is 0 Å². The maximum absolute atomic E-state index is 12.8. The second-order valence-electron chi connectivity index (χ2n) is 8.90. The Bertz CT molecular complexity index is 1360. The van der Waals surface area contributed by atoms with Crippen molar-refractivity contribution in [1.82, 2.24) is 24.7 Å². The van der Waals surface area contributed by atoms with Gasteiger partial charge in [0.25, 0.3) is 0 Å². The zero-order chi connectivity index (χ0) is 24.0. The van der Waals surface area contributed by atoms with Crippen molar-refractivity contribution in [1.29, 1.82) is 0 Å². The molecule has 1 fully saturated rings. The van der Waals surface area contributed by atoms with E-state index in [1.807, 2.05) is 23.0 Å². The number of ether oxygens (including phenoxy) is 1. The van der Waals surface area contributed by atoms with E-state index in [9.17, 15) is 8.78 Å². The lowest BCUT2D eigenvalue weighted by Gasteiger charge is -2.41. The number of hydrogen-bond donors (Lipinski definition) is 1. The monoisotopic (exact) mass is 495 g/mol. The van der Waals surface area contributed by atoms with Gasteiger partial charge in [-0.15, -0.1) is 0 Å². The Morgan fingerprint density at radius 3 is 2.66 bits per heavy atom. The molecule has 2 aliphatic rings. The Balaban J connectivity index is 1.15. The van der Waals surface area contributed by atoms with Crippen molar-refractivity contribution in [3.05, 3.63) is 60.8 Å². The number of alkyl halides is 2. The molecule has 1 atom stereocenters. The van der Waals surface area contributed by atoms with Gasteiger partial charge >= 0.3 is 6.61 Å². The van der Waals surface area contributed by atoms with E-state index in [-0.39, 0.29) is 17.2 Å². The number of halogens is 2. The number of nitrogens with two attached hydrogens (primary N) is 1. The average Bonchev–Trinajstić information content (AvgIpc) is 3.42. The molecule has 0 aliphatic carbocycles. The van der Waals surface area contributed by atoms with Crippen LogP contribution in [-0.4, -0.2) is 44.4 Å². The van der Waals surface area contributed by atoms with Crippen molar-refractivity contribution in [2.24, 2.45) is 11.1 Å². The third kappa shape index (κ3) is 3.98. The number of benzene rings is 1. The van der Waals surface area contributed by atoms with Crippen LogP contribution in [0.25, 0.3) is 10.9 Å². The fourth-order valence-corrected chi connectivity index (χ4v) is 5.99. The second-order valence-corrected chi connectivity index (χ2v) is 9.96. The molecule has 0 unspecified atom stereocenters. The molecular weight excluding hydrogens is 472 g/mol. The Kier molecular flexibility index (Phi) is 5.53. The molecule has 180 valence electrons. The molecule has 0 radical (unpaired) electrons. The highest BCUT2D eigenvalue weighted by atomic mass is 32.2. The van der Waals surface area contributed by atoms with Gasteiger partial charge in [0.15, 0.2) is 5.75 Å². The maximum Gasteiger partial charge on any atom is 0.387 e. The van der Waals surface area contributed by atoms with Crippen LogP contribution in [0.15, 0.2) is 65.0 Å². The molecule has 0 bridgehead atoms. The molecular formula is C24H23F2N7OS. The largest absolute Gasteiger partial charge is 0.432 e. The number of nitrogens with zero attached hydrogens (tertiary/aromatic N) is 6. The summed E-state index contributed by atoms with van der Waals surface area (Å²) in [6.07, 6.45) is 8.85. The standard InChI is InChI=1S/C24H23F2N7OS/c25-23(26)34-17-3-4-18(15-2-1-8-28-21(15)17)35-20-13-29-19(12-30-20)32-10-6-24(7-11-32)14-33-16(22(24)27)5-9-31-33/h1-5,8-9,12-13,22-23H,6-7,10-11,14,27H2/t22-/m1/s1. The first-order chi connectivity index (χ1) is 17.0. The molecule has 11 heteroatoms. The van der Waals surface area contributed by atoms with E-state index >= 15 is 0 Å². The minimum atomic E-state index is -2.91. The van der Waals surface area contributed by atoms with Crippen LogP contribution in [0.1, 0.15) is 24.6 Å². The Labute approximate surface area is 204 Å². The summed E-state index contributed by atoms with van der Waals surface area (Å²) in [5.74, 6) is 0.885. The van der Waals surface area contributed by atoms with E-state index in [1.54, 1.807) is 30.7 Å². The number of rotatable bonds is 5. The quantitative estimate of drug-likeness (QED) is 0.439. The first kappa shape index (κ1) is 22.2. The fraction of sp³-hybridized carbons (Fsp3) is 0.333. The summed E-state index contributed by atoms with van der Waals surface area (Å²) < 4.78 is 32.2. The smallest absolute Gasteiger partial charge is 0.387 e. The molecule has 2 N–H and O–H groups in total. The second kappa shape index (κ2) is 8.72. The summed E-state index contributed by atoms with van der Waals surface area (Å²) in [5.41, 5.74) is 8.15. The van der Waals surface area contributed by atoms with Crippen LogP contribution in [0.4, 0.5) is 14.6 Å². The summed E-state index contributed by atoms with van der Waals surface area (Å²) in [6.45, 7) is -0.312. The lowest BCUT2D eigenvalue weighted by molar-refractivity contribution is -0.0489. The van der Waals surface area contributed by atoms with Gasteiger partial charge in [-0.2, -0.15) is 13.9 Å². The molecule has 4 aromatic rings. The highest BCUT2D eigenvalue weighted by molar-refractivity contribution is 7.99. The van der Waals surface area contributed by atoms with Gasteiger partial charge in [0.05, 0.1) is 24.1 Å². The van der Waals surface area contributed by atoms with Gasteiger partial charge in [0.1, 0.15) is 16.4 Å². The van der Waals surface area contributed by atoms with E-state index in [0.717, 1.165) is 54.3 Å². The predicted octanol–water partition coefficient (Wildman–Crippen LogP) is 4.27. The topological polar surface area (TPSA) is 95.0 Å². The van der Waals surface area contributed by atoms with Gasteiger partial charge in [0, 0.05) is 47.7 Å². The summed E-state index contributed by atoms with van der Waals surface area (Å²) in [6, 6.07) is 8.87. The third-order valence-corrected chi connectivity index (χ3v) is 8.01. The van der Waals surface area contributed by atoms with E-state index < -0.39 is 6.61 Å². The molecule has 6 rings (SSSR count). The first-order valence-corrected chi connectivity index (χ1v) is 12.2. The SMILES string of the molecule is N[C@@H]1c2ccnn2CC12CCN(c1cnc(Sc3ccc(OC(F)F)c4ncccc34)cn1)CC2. The Morgan fingerprint density at radius 1 is 1.06 bits per heavy atom. The summed E-state index contributed by atoms with van der Waals surface area (Å²) >= 11 is 1.41. The molecule has 3 aromatic heterocycles. The van der Waals surface area contributed by atoms with Crippen LogP contribution in [-0.2, 0) is 6.54 Å². The molecule has 1 spiro atoms. The molecule has 1 aromatic carbocycles. The van der Waals surface area contributed by atoms with Crippen molar-refractivity contribution in [2.45, 2.75) is 42.0 Å². The highest BCUT2D eigenvalue weighted by Gasteiger charge is 2.46. The third-order valence-electron chi connectivity index (χ3n) is 7.01. The van der Waals surface area contributed by atoms with Gasteiger partial charge in [-0.05, 0) is 43.2 Å². The molecule has 35 heavy (non-hydrogen) atoms. The summed E-state index contributed by atoms with van der Waals surface area (Å²) in [4.78, 5) is 16.6. The van der Waals surface area contributed by atoms with E-state index in [1.165, 1.54) is 17.8 Å². The number of aromatic nitrogens is 5. The van der Waals surface area contributed by atoms with Crippen LogP contribution in [0.2, 0.25) is 0 Å². The van der Waals surface area contributed by atoms with Gasteiger partial charge in [-0.25, -0.2) is 9.97 Å². The minimum absolute atomic E-state index is 0.0128. The average molecular weight is 496 g/mol. The van der Waals surface area contributed by atoms with Crippen molar-refractivity contribution in [2.75, 3.05) is 18.0 Å².